The van der Waals surface area contributed by atoms with Crippen LogP contribution in [0.25, 0.3) is 0 Å². The van der Waals surface area contributed by atoms with Crippen molar-refractivity contribution in [1.82, 2.24) is 19.2 Å². The summed E-state index contributed by atoms with van der Waals surface area (Å²) >= 11 is 5.51. The average molecular weight is 304 g/mol. The molecule has 0 atom stereocenters. The van der Waals surface area contributed by atoms with Crippen molar-refractivity contribution in [3.05, 3.63) is 47.0 Å². The molecule has 2 rings (SSSR count). The molecule has 0 bridgehead atoms. The molecular formula is C16H24N4S. The van der Waals surface area contributed by atoms with Crippen LogP contribution in [-0.4, -0.2) is 25.3 Å². The molecule has 0 unspecified atom stereocenters. The summed E-state index contributed by atoms with van der Waals surface area (Å²) in [6.45, 7) is 10.2. The fraction of sp³-hybridized carbons (Fsp3) is 0.500. The monoisotopic (exact) mass is 304 g/mol. The second-order valence-electron chi connectivity index (χ2n) is 5.88. The molecule has 21 heavy (non-hydrogen) atoms. The van der Waals surface area contributed by atoms with Gasteiger partial charge in [0.25, 0.3) is 0 Å². The number of nitrogens with zero attached hydrogens (tertiary/aromatic N) is 4. The van der Waals surface area contributed by atoms with Crippen LogP contribution in [0.15, 0.2) is 36.7 Å². The quantitative estimate of drug-likeness (QED) is 0.758. The predicted molar refractivity (Wildman–Crippen MR) is 88.6 cm³/mol. The average Bonchev–Trinajstić information content (AvgIpc) is 2.80. The SMILES string of the molecule is CC(C)N(Cc1ccccc1)Cn1ncn(C(C)C)c1=S. The van der Waals surface area contributed by atoms with Crippen LogP contribution in [0.5, 0.6) is 0 Å². The maximum Gasteiger partial charge on any atom is 0.199 e. The number of hydrogen-bond donors (Lipinski definition) is 0. The van der Waals surface area contributed by atoms with Crippen LogP contribution in [0.2, 0.25) is 0 Å². The molecule has 0 saturated heterocycles. The van der Waals surface area contributed by atoms with Crippen molar-refractivity contribution in [1.29, 1.82) is 0 Å². The van der Waals surface area contributed by atoms with Gasteiger partial charge in [-0.05, 0) is 45.5 Å². The summed E-state index contributed by atoms with van der Waals surface area (Å²) in [5.41, 5.74) is 1.31. The van der Waals surface area contributed by atoms with E-state index in [2.05, 4.69) is 62.0 Å². The van der Waals surface area contributed by atoms with Crippen molar-refractivity contribution in [3.63, 3.8) is 0 Å². The second-order valence-corrected chi connectivity index (χ2v) is 6.25. The minimum atomic E-state index is 0.341. The van der Waals surface area contributed by atoms with E-state index in [4.69, 9.17) is 12.2 Å². The molecule has 0 aliphatic carbocycles. The van der Waals surface area contributed by atoms with Gasteiger partial charge in [0.2, 0.25) is 0 Å². The summed E-state index contributed by atoms with van der Waals surface area (Å²) in [5, 5.41) is 4.43. The first-order valence-electron chi connectivity index (χ1n) is 7.41. The van der Waals surface area contributed by atoms with Crippen LogP contribution >= 0.6 is 12.2 Å². The molecule has 1 aromatic heterocycles. The lowest BCUT2D eigenvalue weighted by atomic mass is 10.2. The van der Waals surface area contributed by atoms with E-state index in [1.807, 2.05) is 21.6 Å². The normalized spacial score (nSPS) is 11.8. The van der Waals surface area contributed by atoms with Gasteiger partial charge in [0.1, 0.15) is 6.33 Å². The standard InChI is InChI=1S/C16H24N4S/c1-13(2)18(10-15-8-6-5-7-9-15)12-20-16(21)19(11-17-20)14(3)4/h5-9,11,13-14H,10,12H2,1-4H3. The molecule has 4 nitrogen and oxygen atoms in total. The summed E-state index contributed by atoms with van der Waals surface area (Å²) in [5.74, 6) is 0. The Kier molecular flexibility index (Phi) is 5.31. The third kappa shape index (κ3) is 4.02. The third-order valence-electron chi connectivity index (χ3n) is 3.59. The zero-order chi connectivity index (χ0) is 15.4. The van der Waals surface area contributed by atoms with Crippen LogP contribution < -0.4 is 0 Å². The van der Waals surface area contributed by atoms with E-state index in [9.17, 15) is 0 Å². The minimum absolute atomic E-state index is 0.341. The van der Waals surface area contributed by atoms with Crippen LogP contribution in [0.3, 0.4) is 0 Å². The highest BCUT2D eigenvalue weighted by molar-refractivity contribution is 7.71. The van der Waals surface area contributed by atoms with Gasteiger partial charge < -0.3 is 4.57 Å². The maximum atomic E-state index is 5.51. The Hall–Kier alpha value is -1.46. The highest BCUT2D eigenvalue weighted by atomic mass is 32.1. The molecule has 0 N–H and O–H groups in total. The molecule has 114 valence electrons. The fourth-order valence-electron chi connectivity index (χ4n) is 2.19. The lowest BCUT2D eigenvalue weighted by Gasteiger charge is -2.26. The van der Waals surface area contributed by atoms with Crippen LogP contribution in [0, 0.1) is 4.77 Å². The van der Waals surface area contributed by atoms with E-state index in [-0.39, 0.29) is 0 Å². The molecule has 2 aromatic rings. The van der Waals surface area contributed by atoms with Gasteiger partial charge in [0.15, 0.2) is 4.77 Å². The Morgan fingerprint density at radius 1 is 1.14 bits per heavy atom. The van der Waals surface area contributed by atoms with Gasteiger partial charge in [-0.3, -0.25) is 4.90 Å². The van der Waals surface area contributed by atoms with E-state index >= 15 is 0 Å². The Bertz CT molecular complexity index is 613. The Labute approximate surface area is 132 Å². The Balaban J connectivity index is 2.15. The van der Waals surface area contributed by atoms with Gasteiger partial charge in [0, 0.05) is 18.6 Å². The summed E-state index contributed by atoms with van der Waals surface area (Å²) in [6, 6.07) is 11.3. The Morgan fingerprint density at radius 2 is 1.81 bits per heavy atom. The largest absolute Gasteiger partial charge is 0.304 e. The van der Waals surface area contributed by atoms with E-state index in [0.29, 0.717) is 18.8 Å². The molecular weight excluding hydrogens is 280 g/mol. The number of benzene rings is 1. The molecule has 5 heteroatoms. The summed E-state index contributed by atoms with van der Waals surface area (Å²) in [7, 11) is 0. The van der Waals surface area contributed by atoms with Crippen LogP contribution in [-0.2, 0) is 13.2 Å². The summed E-state index contributed by atoms with van der Waals surface area (Å²) in [4.78, 5) is 2.36. The minimum Gasteiger partial charge on any atom is -0.304 e. The molecule has 0 radical (unpaired) electrons. The highest BCUT2D eigenvalue weighted by Crippen LogP contribution is 2.11. The maximum absolute atomic E-state index is 5.51. The smallest absolute Gasteiger partial charge is 0.199 e. The van der Waals surface area contributed by atoms with Crippen molar-refractivity contribution in [2.75, 3.05) is 0 Å². The summed E-state index contributed by atoms with van der Waals surface area (Å²) in [6.07, 6.45) is 1.83. The fourth-order valence-corrected chi connectivity index (χ4v) is 2.55. The van der Waals surface area contributed by atoms with E-state index in [1.165, 1.54) is 5.56 Å². The molecule has 0 spiro atoms. The van der Waals surface area contributed by atoms with Gasteiger partial charge in [0.05, 0.1) is 6.67 Å². The molecule has 0 aliphatic heterocycles. The Morgan fingerprint density at radius 3 is 2.33 bits per heavy atom. The lowest BCUT2D eigenvalue weighted by Crippen LogP contribution is -2.33. The third-order valence-corrected chi connectivity index (χ3v) is 4.01. The lowest BCUT2D eigenvalue weighted by molar-refractivity contribution is 0.153. The molecule has 1 heterocycles. The van der Waals surface area contributed by atoms with Crippen molar-refractivity contribution in [3.8, 4) is 0 Å². The van der Waals surface area contributed by atoms with Gasteiger partial charge in [-0.25, -0.2) is 4.68 Å². The number of rotatable bonds is 6. The van der Waals surface area contributed by atoms with E-state index in [1.54, 1.807) is 0 Å². The van der Waals surface area contributed by atoms with Crippen molar-refractivity contribution in [2.45, 2.75) is 53.0 Å². The summed E-state index contributed by atoms with van der Waals surface area (Å²) < 4.78 is 4.71. The molecule has 0 aliphatic rings. The first kappa shape index (κ1) is 15.9. The van der Waals surface area contributed by atoms with Crippen LogP contribution in [0.1, 0.15) is 39.3 Å². The van der Waals surface area contributed by atoms with E-state index in [0.717, 1.165) is 11.3 Å². The topological polar surface area (TPSA) is 26.0 Å². The van der Waals surface area contributed by atoms with Crippen molar-refractivity contribution >= 4 is 12.2 Å². The zero-order valence-corrected chi connectivity index (χ0v) is 14.0. The van der Waals surface area contributed by atoms with Gasteiger partial charge >= 0.3 is 0 Å². The first-order chi connectivity index (χ1) is 9.99. The predicted octanol–water partition coefficient (Wildman–Crippen LogP) is 3.86. The second kappa shape index (κ2) is 7.00. The highest BCUT2D eigenvalue weighted by Gasteiger charge is 2.13. The first-order valence-corrected chi connectivity index (χ1v) is 7.81. The molecule has 0 fully saturated rings. The molecule has 0 amide bonds. The zero-order valence-electron chi connectivity index (χ0n) is 13.2. The van der Waals surface area contributed by atoms with Crippen molar-refractivity contribution < 1.29 is 0 Å². The number of aromatic nitrogens is 3. The molecule has 1 aromatic carbocycles. The van der Waals surface area contributed by atoms with Crippen LogP contribution in [0.4, 0.5) is 0 Å². The molecule has 0 saturated carbocycles. The van der Waals surface area contributed by atoms with Gasteiger partial charge in [-0.15, -0.1) is 0 Å². The van der Waals surface area contributed by atoms with E-state index < -0.39 is 0 Å². The van der Waals surface area contributed by atoms with Gasteiger partial charge in [-0.2, -0.15) is 5.10 Å². The van der Waals surface area contributed by atoms with Crippen molar-refractivity contribution in [2.24, 2.45) is 0 Å². The van der Waals surface area contributed by atoms with Gasteiger partial charge in [-0.1, -0.05) is 30.3 Å². The number of hydrogen-bond acceptors (Lipinski definition) is 3.